The van der Waals surface area contributed by atoms with Crippen LogP contribution in [0.4, 0.5) is 11.4 Å². The molecule has 2 aromatic carbocycles. The first-order valence-corrected chi connectivity index (χ1v) is 9.72. The molecule has 0 aliphatic carbocycles. The molecule has 7 nitrogen and oxygen atoms in total. The lowest BCUT2D eigenvalue weighted by molar-refractivity contribution is -0.885. The standard InChI is InChI=1S/C22H27N3O4/c1-24(14-16-6-11-19(28-2)20(13-16)29-3)15-21(26)23-17-7-9-18(10-8-17)25-12-4-5-22(25)27/h6-11,13H,4-5,12,14-15H2,1-3H3,(H,23,26)/p+1. The Morgan fingerprint density at radius 1 is 1.10 bits per heavy atom. The molecule has 7 heteroatoms. The molecule has 1 saturated heterocycles. The molecule has 1 fully saturated rings. The predicted molar refractivity (Wildman–Crippen MR) is 112 cm³/mol. The minimum absolute atomic E-state index is 0.0621. The lowest BCUT2D eigenvalue weighted by atomic mass is 10.2. The van der Waals surface area contributed by atoms with Crippen molar-refractivity contribution in [2.24, 2.45) is 0 Å². The van der Waals surface area contributed by atoms with E-state index in [-0.39, 0.29) is 11.8 Å². The molecule has 2 amide bonds. The molecular formula is C22H28N3O4+. The van der Waals surface area contributed by atoms with Crippen molar-refractivity contribution in [2.45, 2.75) is 19.4 Å². The molecule has 0 aromatic heterocycles. The van der Waals surface area contributed by atoms with Crippen molar-refractivity contribution in [1.29, 1.82) is 0 Å². The summed E-state index contributed by atoms with van der Waals surface area (Å²) in [6.45, 7) is 1.78. The topological polar surface area (TPSA) is 72.3 Å². The highest BCUT2D eigenvalue weighted by atomic mass is 16.5. The average Bonchev–Trinajstić information content (AvgIpc) is 3.14. The van der Waals surface area contributed by atoms with E-state index in [9.17, 15) is 9.59 Å². The number of nitrogens with zero attached hydrogens (tertiary/aromatic N) is 1. The van der Waals surface area contributed by atoms with Crippen molar-refractivity contribution in [3.05, 3.63) is 48.0 Å². The van der Waals surface area contributed by atoms with Crippen LogP contribution in [0, 0.1) is 0 Å². The fraction of sp³-hybridized carbons (Fsp3) is 0.364. The second kappa shape index (κ2) is 9.43. The number of benzene rings is 2. The fourth-order valence-electron chi connectivity index (χ4n) is 3.53. The Hall–Kier alpha value is -3.06. The summed E-state index contributed by atoms with van der Waals surface area (Å²) in [5.74, 6) is 1.46. The minimum Gasteiger partial charge on any atom is -0.493 e. The maximum Gasteiger partial charge on any atom is 0.279 e. The molecule has 1 aliphatic rings. The number of hydrogen-bond donors (Lipinski definition) is 2. The number of rotatable bonds is 8. The van der Waals surface area contributed by atoms with Crippen molar-refractivity contribution in [2.75, 3.05) is 44.6 Å². The summed E-state index contributed by atoms with van der Waals surface area (Å²) in [6, 6.07) is 13.2. The van der Waals surface area contributed by atoms with Gasteiger partial charge in [0.25, 0.3) is 5.91 Å². The van der Waals surface area contributed by atoms with Crippen molar-refractivity contribution < 1.29 is 24.0 Å². The number of amides is 2. The second-order valence-electron chi connectivity index (χ2n) is 7.24. The van der Waals surface area contributed by atoms with Gasteiger partial charge in [-0.3, -0.25) is 9.59 Å². The lowest BCUT2D eigenvalue weighted by Crippen LogP contribution is -3.08. The zero-order valence-electron chi connectivity index (χ0n) is 17.2. The van der Waals surface area contributed by atoms with Gasteiger partial charge in [-0.15, -0.1) is 0 Å². The minimum atomic E-state index is -0.0621. The fourth-order valence-corrected chi connectivity index (χ4v) is 3.53. The third-order valence-corrected chi connectivity index (χ3v) is 4.95. The van der Waals surface area contributed by atoms with E-state index >= 15 is 0 Å². The van der Waals surface area contributed by atoms with Gasteiger partial charge in [-0.1, -0.05) is 0 Å². The van der Waals surface area contributed by atoms with E-state index in [1.54, 1.807) is 19.1 Å². The highest BCUT2D eigenvalue weighted by molar-refractivity contribution is 5.96. The number of carbonyl (C=O) groups excluding carboxylic acids is 2. The monoisotopic (exact) mass is 398 g/mol. The van der Waals surface area contributed by atoms with E-state index in [1.165, 1.54) is 0 Å². The largest absolute Gasteiger partial charge is 0.493 e. The molecule has 0 radical (unpaired) electrons. The van der Waals surface area contributed by atoms with Gasteiger partial charge in [0.05, 0.1) is 21.3 Å². The molecule has 0 saturated carbocycles. The van der Waals surface area contributed by atoms with Crippen LogP contribution >= 0.6 is 0 Å². The highest BCUT2D eigenvalue weighted by Crippen LogP contribution is 2.27. The summed E-state index contributed by atoms with van der Waals surface area (Å²) in [6.07, 6.45) is 1.50. The zero-order valence-corrected chi connectivity index (χ0v) is 17.2. The van der Waals surface area contributed by atoms with Gasteiger partial charge in [-0.05, 0) is 48.9 Å². The summed E-state index contributed by atoms with van der Waals surface area (Å²) in [5.41, 5.74) is 2.67. The van der Waals surface area contributed by atoms with Crippen molar-refractivity contribution in [3.63, 3.8) is 0 Å². The van der Waals surface area contributed by atoms with E-state index < -0.39 is 0 Å². The van der Waals surface area contributed by atoms with Crippen LogP contribution in [-0.2, 0) is 16.1 Å². The second-order valence-corrected chi connectivity index (χ2v) is 7.24. The number of ether oxygens (including phenoxy) is 2. The lowest BCUT2D eigenvalue weighted by Gasteiger charge is -2.17. The first-order chi connectivity index (χ1) is 14.0. The summed E-state index contributed by atoms with van der Waals surface area (Å²) in [5, 5.41) is 2.92. The van der Waals surface area contributed by atoms with E-state index in [0.717, 1.165) is 34.8 Å². The maximum atomic E-state index is 12.4. The SMILES string of the molecule is COc1ccc(C[NH+](C)CC(=O)Nc2ccc(N3CCCC3=O)cc2)cc1OC. The molecule has 1 atom stereocenters. The van der Waals surface area contributed by atoms with Gasteiger partial charge in [0.15, 0.2) is 18.0 Å². The molecule has 1 unspecified atom stereocenters. The predicted octanol–water partition coefficient (Wildman–Crippen LogP) is 1.48. The molecule has 0 bridgehead atoms. The van der Waals surface area contributed by atoms with E-state index in [1.807, 2.05) is 49.5 Å². The van der Waals surface area contributed by atoms with Crippen molar-refractivity contribution in [1.82, 2.24) is 0 Å². The van der Waals surface area contributed by atoms with Crippen LogP contribution in [0.3, 0.4) is 0 Å². The molecule has 2 aromatic rings. The normalized spacial score (nSPS) is 14.6. The van der Waals surface area contributed by atoms with Crippen molar-refractivity contribution in [3.8, 4) is 11.5 Å². The molecular weight excluding hydrogens is 370 g/mol. The van der Waals surface area contributed by atoms with Crippen LogP contribution in [0.15, 0.2) is 42.5 Å². The average molecular weight is 398 g/mol. The Morgan fingerprint density at radius 3 is 2.45 bits per heavy atom. The number of carbonyl (C=O) groups is 2. The van der Waals surface area contributed by atoms with Crippen LogP contribution < -0.4 is 24.6 Å². The van der Waals surface area contributed by atoms with E-state index in [0.29, 0.717) is 31.0 Å². The summed E-state index contributed by atoms with van der Waals surface area (Å²) < 4.78 is 10.6. The van der Waals surface area contributed by atoms with E-state index in [2.05, 4.69) is 5.32 Å². The Morgan fingerprint density at radius 2 is 1.83 bits per heavy atom. The van der Waals surface area contributed by atoms with Gasteiger partial charge in [-0.2, -0.15) is 0 Å². The van der Waals surface area contributed by atoms with Crippen LogP contribution in [0.5, 0.6) is 11.5 Å². The Labute approximate surface area is 171 Å². The molecule has 2 N–H and O–H groups in total. The van der Waals surface area contributed by atoms with Crippen LogP contribution in [0.25, 0.3) is 0 Å². The number of hydrogen-bond acceptors (Lipinski definition) is 4. The molecule has 154 valence electrons. The molecule has 1 heterocycles. The van der Waals surface area contributed by atoms with Gasteiger partial charge in [0, 0.05) is 29.9 Å². The number of methoxy groups -OCH3 is 2. The Kier molecular flexibility index (Phi) is 6.72. The first kappa shape index (κ1) is 20.7. The van der Waals surface area contributed by atoms with Crippen LogP contribution in [0.1, 0.15) is 18.4 Å². The number of likely N-dealkylation sites (N-methyl/N-ethyl adjacent to an activating group) is 1. The summed E-state index contributed by atoms with van der Waals surface area (Å²) in [4.78, 5) is 27.0. The molecule has 1 aliphatic heterocycles. The van der Waals surface area contributed by atoms with Gasteiger partial charge >= 0.3 is 0 Å². The quantitative estimate of drug-likeness (QED) is 0.707. The third kappa shape index (κ3) is 5.26. The number of quaternary nitrogens is 1. The van der Waals surface area contributed by atoms with Gasteiger partial charge < -0.3 is 24.6 Å². The summed E-state index contributed by atoms with van der Waals surface area (Å²) >= 11 is 0. The van der Waals surface area contributed by atoms with E-state index in [4.69, 9.17) is 9.47 Å². The molecule has 29 heavy (non-hydrogen) atoms. The molecule has 0 spiro atoms. The number of nitrogens with one attached hydrogen (secondary N) is 2. The maximum absolute atomic E-state index is 12.4. The van der Waals surface area contributed by atoms with Gasteiger partial charge in [0.2, 0.25) is 5.91 Å². The molecule has 3 rings (SSSR count). The van der Waals surface area contributed by atoms with Crippen LogP contribution in [0.2, 0.25) is 0 Å². The Bertz CT molecular complexity index is 867. The van der Waals surface area contributed by atoms with Gasteiger partial charge in [-0.25, -0.2) is 0 Å². The number of anilines is 2. The zero-order chi connectivity index (χ0) is 20.8. The Balaban J connectivity index is 1.53. The first-order valence-electron chi connectivity index (χ1n) is 9.72. The third-order valence-electron chi connectivity index (χ3n) is 4.95. The van der Waals surface area contributed by atoms with Gasteiger partial charge in [0.1, 0.15) is 6.54 Å². The van der Waals surface area contributed by atoms with Crippen LogP contribution in [-0.4, -0.2) is 46.2 Å². The smallest absolute Gasteiger partial charge is 0.279 e. The highest BCUT2D eigenvalue weighted by Gasteiger charge is 2.21. The summed E-state index contributed by atoms with van der Waals surface area (Å²) in [7, 11) is 5.18. The van der Waals surface area contributed by atoms with Crippen molar-refractivity contribution >= 4 is 23.2 Å².